The first-order valence-electron chi connectivity index (χ1n) is 10.5. The van der Waals surface area contributed by atoms with E-state index in [4.69, 9.17) is 18.9 Å². The van der Waals surface area contributed by atoms with Crippen molar-refractivity contribution in [2.24, 2.45) is 5.92 Å². The number of benzene rings is 2. The molecule has 0 saturated carbocycles. The van der Waals surface area contributed by atoms with Crippen molar-refractivity contribution in [2.75, 3.05) is 13.4 Å². The van der Waals surface area contributed by atoms with E-state index >= 15 is 0 Å². The number of fused-ring (bicyclic) bond motifs is 1. The summed E-state index contributed by atoms with van der Waals surface area (Å²) in [5.74, 6) is -0.599. The summed E-state index contributed by atoms with van der Waals surface area (Å²) in [5, 5.41) is 14.0. The van der Waals surface area contributed by atoms with Crippen LogP contribution >= 0.6 is 0 Å². The van der Waals surface area contributed by atoms with E-state index < -0.39 is 22.8 Å². The van der Waals surface area contributed by atoms with Crippen molar-refractivity contribution in [1.29, 1.82) is 0 Å². The van der Waals surface area contributed by atoms with Crippen molar-refractivity contribution in [1.82, 2.24) is 5.32 Å². The van der Waals surface area contributed by atoms with Gasteiger partial charge in [-0.1, -0.05) is 26.0 Å². The first kappa shape index (κ1) is 24.0. The summed E-state index contributed by atoms with van der Waals surface area (Å²) in [6.45, 7) is 5.65. The number of nitro groups is 1. The summed E-state index contributed by atoms with van der Waals surface area (Å²) in [7, 11) is 0. The molecule has 33 heavy (non-hydrogen) atoms. The molecule has 0 bridgehead atoms. The fraction of sp³-hybridized carbons (Fsp3) is 0.391. The van der Waals surface area contributed by atoms with Crippen LogP contribution in [-0.2, 0) is 27.5 Å². The third-order valence-corrected chi connectivity index (χ3v) is 4.99. The summed E-state index contributed by atoms with van der Waals surface area (Å²) in [6.07, 6.45) is 0. The Bertz CT molecular complexity index is 1040. The van der Waals surface area contributed by atoms with Crippen LogP contribution in [0.2, 0.25) is 0 Å². The van der Waals surface area contributed by atoms with Gasteiger partial charge in [-0.05, 0) is 25.0 Å². The number of carbonyl (C=O) groups excluding carboxylic acids is 2. The van der Waals surface area contributed by atoms with E-state index in [0.29, 0.717) is 34.8 Å². The number of esters is 1. The van der Waals surface area contributed by atoms with Gasteiger partial charge in [-0.2, -0.15) is 0 Å². The first-order chi connectivity index (χ1) is 15.8. The lowest BCUT2D eigenvalue weighted by atomic mass is 10.0. The van der Waals surface area contributed by atoms with Crippen LogP contribution in [0.25, 0.3) is 0 Å². The molecule has 0 aromatic heterocycles. The maximum Gasteiger partial charge on any atom is 0.329 e. The lowest BCUT2D eigenvalue weighted by Crippen LogP contribution is -2.45. The fourth-order valence-electron chi connectivity index (χ4n) is 3.38. The summed E-state index contributed by atoms with van der Waals surface area (Å²) in [5.41, 5.74) is 1.00. The molecular formula is C23H26N2O8. The van der Waals surface area contributed by atoms with Crippen molar-refractivity contribution >= 4 is 17.6 Å². The zero-order valence-electron chi connectivity index (χ0n) is 18.7. The summed E-state index contributed by atoms with van der Waals surface area (Å²) < 4.78 is 21.6. The second-order valence-corrected chi connectivity index (χ2v) is 7.69. The standard InChI is InChI=1S/C23H26N2O8/c1-4-31-19-8-6-5-7-18(19)22(26)24-20(14(2)3)23(27)32-12-16-10-17(25(28)29)9-15-11-30-13-33-21(15)16/h5-10,14,20H,4,11-13H2,1-3H3,(H,24,26)/t20-/m0/s1. The number of nitrogens with zero attached hydrogens (tertiary/aromatic N) is 1. The van der Waals surface area contributed by atoms with Gasteiger partial charge in [0.2, 0.25) is 0 Å². The smallest absolute Gasteiger partial charge is 0.329 e. The lowest BCUT2D eigenvalue weighted by Gasteiger charge is -2.23. The molecule has 1 aliphatic rings. The van der Waals surface area contributed by atoms with Gasteiger partial charge in [-0.3, -0.25) is 14.9 Å². The van der Waals surface area contributed by atoms with Gasteiger partial charge in [0.15, 0.2) is 6.79 Å². The molecule has 2 aromatic rings. The molecule has 0 unspecified atom stereocenters. The lowest BCUT2D eigenvalue weighted by molar-refractivity contribution is -0.385. The van der Waals surface area contributed by atoms with Crippen LogP contribution < -0.4 is 14.8 Å². The van der Waals surface area contributed by atoms with E-state index in [-0.39, 0.29) is 31.6 Å². The van der Waals surface area contributed by atoms with Gasteiger partial charge in [0, 0.05) is 23.3 Å². The maximum absolute atomic E-state index is 12.9. The molecule has 1 N–H and O–H groups in total. The Labute approximate surface area is 190 Å². The molecular weight excluding hydrogens is 432 g/mol. The Morgan fingerprint density at radius 3 is 2.70 bits per heavy atom. The van der Waals surface area contributed by atoms with Gasteiger partial charge >= 0.3 is 5.97 Å². The Kier molecular flexibility index (Phi) is 7.83. The highest BCUT2D eigenvalue weighted by Gasteiger charge is 2.28. The molecule has 10 nitrogen and oxygen atoms in total. The highest BCUT2D eigenvalue weighted by molar-refractivity contribution is 5.99. The quantitative estimate of drug-likeness (QED) is 0.344. The molecule has 0 spiro atoms. The molecule has 2 aromatic carbocycles. The minimum absolute atomic E-state index is 0.00429. The van der Waals surface area contributed by atoms with Gasteiger partial charge in [0.25, 0.3) is 11.6 Å². The van der Waals surface area contributed by atoms with Crippen molar-refractivity contribution in [3.05, 3.63) is 63.2 Å². The van der Waals surface area contributed by atoms with E-state index in [9.17, 15) is 19.7 Å². The Morgan fingerprint density at radius 2 is 2.00 bits per heavy atom. The number of ether oxygens (including phenoxy) is 4. The van der Waals surface area contributed by atoms with Crippen LogP contribution in [0.3, 0.4) is 0 Å². The number of nitrogens with one attached hydrogen (secondary N) is 1. The fourth-order valence-corrected chi connectivity index (χ4v) is 3.38. The predicted octanol–water partition coefficient (Wildman–Crippen LogP) is 3.36. The largest absolute Gasteiger partial charge is 0.493 e. The summed E-state index contributed by atoms with van der Waals surface area (Å²) >= 11 is 0. The Balaban J connectivity index is 1.75. The molecule has 0 aliphatic carbocycles. The second-order valence-electron chi connectivity index (χ2n) is 7.69. The van der Waals surface area contributed by atoms with Crippen LogP contribution in [-0.4, -0.2) is 36.2 Å². The van der Waals surface area contributed by atoms with Crippen molar-refractivity contribution in [2.45, 2.75) is 40.0 Å². The number of non-ortho nitro benzene ring substituents is 1. The molecule has 0 radical (unpaired) electrons. The number of para-hydroxylation sites is 1. The molecule has 1 aliphatic heterocycles. The topological polar surface area (TPSA) is 126 Å². The predicted molar refractivity (Wildman–Crippen MR) is 117 cm³/mol. The number of hydrogen-bond donors (Lipinski definition) is 1. The molecule has 3 rings (SSSR count). The highest BCUT2D eigenvalue weighted by Crippen LogP contribution is 2.33. The number of rotatable bonds is 9. The zero-order valence-corrected chi connectivity index (χ0v) is 18.7. The van der Waals surface area contributed by atoms with Crippen LogP contribution in [0.15, 0.2) is 36.4 Å². The summed E-state index contributed by atoms with van der Waals surface area (Å²) in [6, 6.07) is 8.48. The molecule has 1 atom stereocenters. The molecule has 1 amide bonds. The van der Waals surface area contributed by atoms with Crippen LogP contribution in [0.5, 0.6) is 11.5 Å². The number of carbonyl (C=O) groups is 2. The highest BCUT2D eigenvalue weighted by atomic mass is 16.7. The molecule has 1 heterocycles. The van der Waals surface area contributed by atoms with E-state index in [0.717, 1.165) is 0 Å². The van der Waals surface area contributed by atoms with Gasteiger partial charge in [-0.15, -0.1) is 0 Å². The normalized spacial score (nSPS) is 13.5. The maximum atomic E-state index is 12.9. The van der Waals surface area contributed by atoms with E-state index in [1.807, 2.05) is 6.92 Å². The van der Waals surface area contributed by atoms with E-state index in [1.165, 1.54) is 12.1 Å². The van der Waals surface area contributed by atoms with Crippen molar-refractivity contribution in [3.8, 4) is 11.5 Å². The number of nitro benzene ring substituents is 1. The molecule has 0 saturated heterocycles. The van der Waals surface area contributed by atoms with Gasteiger partial charge < -0.3 is 24.3 Å². The Morgan fingerprint density at radius 1 is 1.24 bits per heavy atom. The number of hydrogen-bond acceptors (Lipinski definition) is 8. The summed E-state index contributed by atoms with van der Waals surface area (Å²) in [4.78, 5) is 36.4. The Hall–Kier alpha value is -3.66. The number of amides is 1. The zero-order chi connectivity index (χ0) is 24.0. The minimum Gasteiger partial charge on any atom is -0.493 e. The van der Waals surface area contributed by atoms with Crippen LogP contribution in [0.4, 0.5) is 5.69 Å². The van der Waals surface area contributed by atoms with Crippen LogP contribution in [0, 0.1) is 16.0 Å². The third kappa shape index (κ3) is 5.78. The third-order valence-electron chi connectivity index (χ3n) is 4.99. The van der Waals surface area contributed by atoms with Gasteiger partial charge in [0.05, 0.1) is 23.7 Å². The monoisotopic (exact) mass is 458 g/mol. The molecule has 176 valence electrons. The minimum atomic E-state index is -0.939. The second kappa shape index (κ2) is 10.8. The first-order valence-corrected chi connectivity index (χ1v) is 10.5. The van der Waals surface area contributed by atoms with Gasteiger partial charge in [0.1, 0.15) is 24.1 Å². The van der Waals surface area contributed by atoms with Crippen LogP contribution in [0.1, 0.15) is 42.3 Å². The molecule has 0 fully saturated rings. The molecule has 10 heteroatoms. The SMILES string of the molecule is CCOc1ccccc1C(=O)N[C@H](C(=O)OCc1cc([N+](=O)[O-])cc2c1OCOC2)C(C)C. The average Bonchev–Trinajstić information content (AvgIpc) is 2.80. The van der Waals surface area contributed by atoms with Gasteiger partial charge in [-0.25, -0.2) is 4.79 Å². The average molecular weight is 458 g/mol. The van der Waals surface area contributed by atoms with E-state index in [2.05, 4.69) is 5.32 Å². The van der Waals surface area contributed by atoms with E-state index in [1.54, 1.807) is 38.1 Å². The van der Waals surface area contributed by atoms with Crippen molar-refractivity contribution < 1.29 is 33.5 Å². The van der Waals surface area contributed by atoms with Crippen molar-refractivity contribution in [3.63, 3.8) is 0 Å².